The summed E-state index contributed by atoms with van der Waals surface area (Å²) in [5.41, 5.74) is 9.84. The summed E-state index contributed by atoms with van der Waals surface area (Å²) in [6.45, 7) is 0. The van der Waals surface area contributed by atoms with Gasteiger partial charge in [-0.1, -0.05) is 115 Å². The quantitative estimate of drug-likeness (QED) is 0.206. The van der Waals surface area contributed by atoms with Crippen molar-refractivity contribution in [1.82, 2.24) is 9.97 Å². The van der Waals surface area contributed by atoms with Crippen molar-refractivity contribution in [2.24, 2.45) is 0 Å². The molecule has 2 heterocycles. The normalized spacial score (nSPS) is 11.7. The van der Waals surface area contributed by atoms with Crippen LogP contribution in [-0.2, 0) is 0 Å². The predicted octanol–water partition coefficient (Wildman–Crippen LogP) is 10.8. The molecular formula is C40H24N2O. The molecule has 0 aliphatic heterocycles. The Morgan fingerprint density at radius 3 is 1.93 bits per heavy atom. The third-order valence-corrected chi connectivity index (χ3v) is 8.46. The average molecular weight is 549 g/mol. The number of rotatable bonds is 3. The highest BCUT2D eigenvalue weighted by atomic mass is 16.3. The highest BCUT2D eigenvalue weighted by molar-refractivity contribution is 6.15. The Morgan fingerprint density at radius 2 is 1.05 bits per heavy atom. The van der Waals surface area contributed by atoms with E-state index in [4.69, 9.17) is 14.4 Å². The molecule has 0 fully saturated rings. The molecule has 43 heavy (non-hydrogen) atoms. The number of fused-ring (bicyclic) bond motifs is 8. The zero-order chi connectivity index (χ0) is 28.3. The lowest BCUT2D eigenvalue weighted by Crippen LogP contribution is -1.96. The van der Waals surface area contributed by atoms with Gasteiger partial charge in [-0.05, 0) is 52.2 Å². The van der Waals surface area contributed by atoms with Crippen LogP contribution in [0.4, 0.5) is 0 Å². The molecule has 0 radical (unpaired) electrons. The molecule has 0 unspecified atom stereocenters. The first-order valence-corrected chi connectivity index (χ1v) is 14.5. The van der Waals surface area contributed by atoms with E-state index in [2.05, 4.69) is 115 Å². The number of aromatic nitrogens is 2. The molecule has 0 saturated heterocycles. The Labute approximate surface area is 247 Å². The molecule has 200 valence electrons. The lowest BCUT2D eigenvalue weighted by Gasteiger charge is -2.13. The highest BCUT2D eigenvalue weighted by Gasteiger charge is 2.16. The van der Waals surface area contributed by atoms with Gasteiger partial charge in [-0.2, -0.15) is 0 Å². The monoisotopic (exact) mass is 548 g/mol. The highest BCUT2D eigenvalue weighted by Crippen LogP contribution is 2.37. The lowest BCUT2D eigenvalue weighted by atomic mass is 9.97. The van der Waals surface area contributed by atoms with Crippen molar-refractivity contribution in [3.8, 4) is 33.6 Å². The van der Waals surface area contributed by atoms with E-state index in [0.717, 1.165) is 88.2 Å². The molecular weight excluding hydrogens is 524 g/mol. The number of nitrogens with zero attached hydrogens (tertiary/aromatic N) is 2. The smallest absolute Gasteiger partial charge is 0.143 e. The molecule has 0 atom stereocenters. The fourth-order valence-corrected chi connectivity index (χ4v) is 6.30. The number of hydrogen-bond acceptors (Lipinski definition) is 3. The fourth-order valence-electron chi connectivity index (χ4n) is 6.30. The van der Waals surface area contributed by atoms with Crippen LogP contribution in [0.1, 0.15) is 0 Å². The number of hydrogen-bond donors (Lipinski definition) is 0. The van der Waals surface area contributed by atoms with Crippen molar-refractivity contribution in [2.45, 2.75) is 0 Å². The maximum atomic E-state index is 6.27. The average Bonchev–Trinajstić information content (AvgIpc) is 3.47. The van der Waals surface area contributed by atoms with Gasteiger partial charge in [0.15, 0.2) is 0 Å². The molecule has 0 aliphatic carbocycles. The summed E-state index contributed by atoms with van der Waals surface area (Å²) in [5.74, 6) is 0. The topological polar surface area (TPSA) is 38.9 Å². The SMILES string of the molecule is c1ccc(-c2nc3ccc4ccccc4c3nc2-c2ccc(-c3ccc4c(ccc5c6ccccc6oc45)c3)cc2)cc1. The van der Waals surface area contributed by atoms with Gasteiger partial charge < -0.3 is 4.42 Å². The van der Waals surface area contributed by atoms with Crippen molar-refractivity contribution < 1.29 is 4.42 Å². The Morgan fingerprint density at radius 1 is 0.395 bits per heavy atom. The minimum Gasteiger partial charge on any atom is -0.455 e. The molecule has 0 spiro atoms. The predicted molar refractivity (Wildman–Crippen MR) is 178 cm³/mol. The van der Waals surface area contributed by atoms with E-state index in [0.29, 0.717) is 0 Å². The van der Waals surface area contributed by atoms with Gasteiger partial charge >= 0.3 is 0 Å². The standard InChI is InChI=1S/C40H24N2O/c1-2-9-27(10-3-1)37-38(42-39-31-11-5-4-8-26(31)20-23-35(39)41-37)28-16-14-25(15-17-28)29-18-21-32-30(24-29)19-22-34-33-12-6-7-13-36(33)43-40(32)34/h1-24H. The van der Waals surface area contributed by atoms with E-state index in [-0.39, 0.29) is 0 Å². The van der Waals surface area contributed by atoms with Gasteiger partial charge in [-0.3, -0.25) is 0 Å². The van der Waals surface area contributed by atoms with E-state index in [1.165, 1.54) is 0 Å². The van der Waals surface area contributed by atoms with Crippen LogP contribution in [0.15, 0.2) is 150 Å². The molecule has 0 aliphatic rings. The van der Waals surface area contributed by atoms with Crippen molar-refractivity contribution in [1.29, 1.82) is 0 Å². The van der Waals surface area contributed by atoms with Gasteiger partial charge in [0.05, 0.1) is 22.4 Å². The second kappa shape index (κ2) is 9.37. The van der Waals surface area contributed by atoms with Gasteiger partial charge in [-0.25, -0.2) is 9.97 Å². The Kier molecular flexibility index (Phi) is 5.20. The van der Waals surface area contributed by atoms with Crippen LogP contribution in [0.3, 0.4) is 0 Å². The summed E-state index contributed by atoms with van der Waals surface area (Å²) in [5, 5.41) is 6.86. The second-order valence-electron chi connectivity index (χ2n) is 11.0. The maximum Gasteiger partial charge on any atom is 0.143 e. The molecule has 0 N–H and O–H groups in total. The lowest BCUT2D eigenvalue weighted by molar-refractivity contribution is 0.672. The summed E-state index contributed by atoms with van der Waals surface area (Å²) in [6, 6.07) is 50.8. The van der Waals surface area contributed by atoms with Gasteiger partial charge in [0.1, 0.15) is 11.2 Å². The van der Waals surface area contributed by atoms with E-state index in [1.54, 1.807) is 0 Å². The minimum atomic E-state index is 0.882. The van der Waals surface area contributed by atoms with Crippen molar-refractivity contribution >= 4 is 54.5 Å². The molecule has 2 aromatic heterocycles. The summed E-state index contributed by atoms with van der Waals surface area (Å²) in [6.07, 6.45) is 0. The number of furan rings is 1. The van der Waals surface area contributed by atoms with Crippen molar-refractivity contribution in [3.05, 3.63) is 146 Å². The molecule has 9 aromatic rings. The molecule has 7 aromatic carbocycles. The van der Waals surface area contributed by atoms with Crippen molar-refractivity contribution in [3.63, 3.8) is 0 Å². The molecule has 0 saturated carbocycles. The van der Waals surface area contributed by atoms with E-state index in [1.807, 2.05) is 30.3 Å². The molecule has 3 heteroatoms. The van der Waals surface area contributed by atoms with Crippen LogP contribution in [0.5, 0.6) is 0 Å². The van der Waals surface area contributed by atoms with Crippen LogP contribution in [0.2, 0.25) is 0 Å². The first-order valence-electron chi connectivity index (χ1n) is 14.5. The third-order valence-electron chi connectivity index (χ3n) is 8.46. The van der Waals surface area contributed by atoms with Crippen LogP contribution < -0.4 is 0 Å². The van der Waals surface area contributed by atoms with Gasteiger partial charge in [-0.15, -0.1) is 0 Å². The van der Waals surface area contributed by atoms with Gasteiger partial charge in [0, 0.05) is 32.7 Å². The largest absolute Gasteiger partial charge is 0.455 e. The third kappa shape index (κ3) is 3.83. The zero-order valence-electron chi connectivity index (χ0n) is 23.2. The summed E-state index contributed by atoms with van der Waals surface area (Å²) in [4.78, 5) is 10.4. The summed E-state index contributed by atoms with van der Waals surface area (Å²) >= 11 is 0. The molecule has 9 rings (SSSR count). The Hall–Kier alpha value is -5.80. The molecule has 3 nitrogen and oxygen atoms in total. The van der Waals surface area contributed by atoms with Gasteiger partial charge in [0.25, 0.3) is 0 Å². The summed E-state index contributed by atoms with van der Waals surface area (Å²) < 4.78 is 6.27. The molecule has 0 bridgehead atoms. The summed E-state index contributed by atoms with van der Waals surface area (Å²) in [7, 11) is 0. The van der Waals surface area contributed by atoms with Crippen LogP contribution in [0, 0.1) is 0 Å². The zero-order valence-corrected chi connectivity index (χ0v) is 23.2. The van der Waals surface area contributed by atoms with E-state index < -0.39 is 0 Å². The number of para-hydroxylation sites is 1. The van der Waals surface area contributed by atoms with Crippen molar-refractivity contribution in [2.75, 3.05) is 0 Å². The van der Waals surface area contributed by atoms with Gasteiger partial charge in [0.2, 0.25) is 0 Å². The first kappa shape index (κ1) is 23.9. The second-order valence-corrected chi connectivity index (χ2v) is 11.0. The van der Waals surface area contributed by atoms with Crippen LogP contribution >= 0.6 is 0 Å². The molecule has 0 amide bonds. The number of benzene rings is 7. The fraction of sp³-hybridized carbons (Fsp3) is 0. The van der Waals surface area contributed by atoms with E-state index >= 15 is 0 Å². The van der Waals surface area contributed by atoms with Crippen LogP contribution in [-0.4, -0.2) is 9.97 Å². The minimum absolute atomic E-state index is 0.882. The maximum absolute atomic E-state index is 6.27. The Bertz CT molecular complexity index is 2490. The van der Waals surface area contributed by atoms with E-state index in [9.17, 15) is 0 Å². The first-order chi connectivity index (χ1) is 21.3. The van der Waals surface area contributed by atoms with Crippen LogP contribution in [0.25, 0.3) is 88.2 Å². The Balaban J connectivity index is 1.17.